The third kappa shape index (κ3) is 19.6. The summed E-state index contributed by atoms with van der Waals surface area (Å²) in [5.41, 5.74) is 0. The third-order valence-electron chi connectivity index (χ3n) is 0.600. The SMILES string of the molecule is CCC(=O)NC.O=CO. The second-order valence-corrected chi connectivity index (χ2v) is 1.13. The van der Waals surface area contributed by atoms with Crippen LogP contribution in [-0.4, -0.2) is 24.5 Å². The maximum Gasteiger partial charge on any atom is 0.290 e. The van der Waals surface area contributed by atoms with Crippen molar-refractivity contribution in [2.75, 3.05) is 7.05 Å². The monoisotopic (exact) mass is 133 g/mol. The molecule has 0 aromatic heterocycles. The van der Waals surface area contributed by atoms with Gasteiger partial charge in [0.1, 0.15) is 0 Å². The fraction of sp³-hybridized carbons (Fsp3) is 0.600. The van der Waals surface area contributed by atoms with Crippen molar-refractivity contribution >= 4 is 12.4 Å². The maximum atomic E-state index is 10.1. The van der Waals surface area contributed by atoms with Crippen LogP contribution in [0.25, 0.3) is 0 Å². The van der Waals surface area contributed by atoms with Crippen molar-refractivity contribution in [2.45, 2.75) is 13.3 Å². The first-order valence-electron chi connectivity index (χ1n) is 2.51. The van der Waals surface area contributed by atoms with E-state index in [2.05, 4.69) is 5.32 Å². The van der Waals surface area contributed by atoms with Gasteiger partial charge in [-0.2, -0.15) is 0 Å². The topological polar surface area (TPSA) is 66.4 Å². The van der Waals surface area contributed by atoms with Gasteiger partial charge in [0.15, 0.2) is 0 Å². The van der Waals surface area contributed by atoms with Crippen LogP contribution in [-0.2, 0) is 9.59 Å². The van der Waals surface area contributed by atoms with Crippen LogP contribution >= 0.6 is 0 Å². The van der Waals surface area contributed by atoms with E-state index < -0.39 is 0 Å². The first-order valence-corrected chi connectivity index (χ1v) is 2.51. The Balaban J connectivity index is 0. The van der Waals surface area contributed by atoms with Gasteiger partial charge in [-0.25, -0.2) is 0 Å². The van der Waals surface area contributed by atoms with Crippen LogP contribution in [0.3, 0.4) is 0 Å². The summed E-state index contributed by atoms with van der Waals surface area (Å²) in [6, 6.07) is 0. The summed E-state index contributed by atoms with van der Waals surface area (Å²) in [7, 11) is 1.63. The average molecular weight is 133 g/mol. The number of rotatable bonds is 1. The van der Waals surface area contributed by atoms with E-state index in [0.717, 1.165) is 0 Å². The third-order valence-corrected chi connectivity index (χ3v) is 0.600. The number of nitrogens with one attached hydrogen (secondary N) is 1. The summed E-state index contributed by atoms with van der Waals surface area (Å²) in [4.78, 5) is 18.4. The molecule has 0 atom stereocenters. The van der Waals surface area contributed by atoms with Crippen molar-refractivity contribution in [1.82, 2.24) is 5.32 Å². The van der Waals surface area contributed by atoms with E-state index >= 15 is 0 Å². The normalized spacial score (nSPS) is 6.44. The van der Waals surface area contributed by atoms with Crippen LogP contribution in [0.1, 0.15) is 13.3 Å². The molecule has 1 amide bonds. The fourth-order valence-corrected chi connectivity index (χ4v) is 0.177. The molecule has 0 rings (SSSR count). The van der Waals surface area contributed by atoms with Gasteiger partial charge in [0.25, 0.3) is 6.47 Å². The van der Waals surface area contributed by atoms with Gasteiger partial charge in [-0.15, -0.1) is 0 Å². The summed E-state index contributed by atoms with van der Waals surface area (Å²) in [6.45, 7) is 1.57. The highest BCUT2D eigenvalue weighted by Gasteiger charge is 1.84. The largest absolute Gasteiger partial charge is 0.483 e. The Morgan fingerprint density at radius 1 is 1.78 bits per heavy atom. The van der Waals surface area contributed by atoms with Gasteiger partial charge in [-0.05, 0) is 0 Å². The standard InChI is InChI=1S/C4H9NO.CH2O2/c1-3-4(6)5-2;2-1-3/h3H2,1-2H3,(H,5,6);1H,(H,2,3). The quantitative estimate of drug-likeness (QED) is 0.488. The second kappa shape index (κ2) is 10.0. The van der Waals surface area contributed by atoms with Crippen molar-refractivity contribution < 1.29 is 14.7 Å². The lowest BCUT2D eigenvalue weighted by Crippen LogP contribution is -2.15. The van der Waals surface area contributed by atoms with Crippen molar-refractivity contribution in [3.8, 4) is 0 Å². The number of hydrogen-bond donors (Lipinski definition) is 2. The predicted octanol–water partition coefficient (Wildman–Crippen LogP) is -0.157. The van der Waals surface area contributed by atoms with E-state index in [1.807, 2.05) is 6.92 Å². The van der Waals surface area contributed by atoms with E-state index in [1.165, 1.54) is 0 Å². The number of carbonyl (C=O) groups excluding carboxylic acids is 1. The Morgan fingerprint density at radius 3 is 2.11 bits per heavy atom. The number of hydrogen-bond acceptors (Lipinski definition) is 2. The molecule has 0 aliphatic carbocycles. The highest BCUT2D eigenvalue weighted by atomic mass is 16.3. The molecule has 0 heterocycles. The summed E-state index contributed by atoms with van der Waals surface area (Å²) in [6.07, 6.45) is 0.580. The molecule has 4 nitrogen and oxygen atoms in total. The highest BCUT2D eigenvalue weighted by Crippen LogP contribution is 1.68. The van der Waals surface area contributed by atoms with E-state index in [4.69, 9.17) is 9.90 Å². The van der Waals surface area contributed by atoms with Crippen LogP contribution in [0.15, 0.2) is 0 Å². The van der Waals surface area contributed by atoms with Crippen LogP contribution in [0, 0.1) is 0 Å². The van der Waals surface area contributed by atoms with Crippen LogP contribution in [0.5, 0.6) is 0 Å². The number of carboxylic acid groups (broad SMARTS) is 1. The smallest absolute Gasteiger partial charge is 0.290 e. The molecule has 54 valence electrons. The molecule has 0 unspecified atom stereocenters. The first-order chi connectivity index (χ1) is 4.22. The van der Waals surface area contributed by atoms with Crippen molar-refractivity contribution in [2.24, 2.45) is 0 Å². The van der Waals surface area contributed by atoms with Gasteiger partial charge in [0, 0.05) is 13.5 Å². The molecule has 0 aromatic carbocycles. The Labute approximate surface area is 53.9 Å². The maximum absolute atomic E-state index is 10.1. The molecule has 0 aromatic rings. The Bertz CT molecular complexity index is 76.3. The molecular formula is C5H11NO3. The molecule has 2 N–H and O–H groups in total. The molecule has 0 radical (unpaired) electrons. The molecule has 9 heavy (non-hydrogen) atoms. The zero-order valence-electron chi connectivity index (χ0n) is 5.55. The molecule has 0 aliphatic rings. The fourth-order valence-electron chi connectivity index (χ4n) is 0.177. The molecule has 0 aliphatic heterocycles. The summed E-state index contributed by atoms with van der Waals surface area (Å²) >= 11 is 0. The highest BCUT2D eigenvalue weighted by molar-refractivity contribution is 5.74. The average Bonchev–Trinajstić information content (AvgIpc) is 1.88. The van der Waals surface area contributed by atoms with Crippen LogP contribution in [0.4, 0.5) is 0 Å². The van der Waals surface area contributed by atoms with Crippen molar-refractivity contribution in [3.05, 3.63) is 0 Å². The first kappa shape index (κ1) is 10.8. The second-order valence-electron chi connectivity index (χ2n) is 1.13. The van der Waals surface area contributed by atoms with Gasteiger partial charge in [0.05, 0.1) is 0 Å². The molecular weight excluding hydrogens is 122 g/mol. The van der Waals surface area contributed by atoms with Crippen LogP contribution in [0.2, 0.25) is 0 Å². The van der Waals surface area contributed by atoms with Gasteiger partial charge in [-0.3, -0.25) is 9.59 Å². The summed E-state index contributed by atoms with van der Waals surface area (Å²) in [5.74, 6) is 0.0926. The van der Waals surface area contributed by atoms with Gasteiger partial charge in [-0.1, -0.05) is 6.92 Å². The zero-order chi connectivity index (χ0) is 7.70. The summed E-state index contributed by atoms with van der Waals surface area (Å²) < 4.78 is 0. The minimum Gasteiger partial charge on any atom is -0.483 e. The minimum absolute atomic E-state index is 0.0926. The number of carbonyl (C=O) groups is 2. The van der Waals surface area contributed by atoms with Crippen molar-refractivity contribution in [3.63, 3.8) is 0 Å². The Hall–Kier alpha value is -1.06. The van der Waals surface area contributed by atoms with Gasteiger partial charge in [0.2, 0.25) is 5.91 Å². The van der Waals surface area contributed by atoms with Gasteiger partial charge < -0.3 is 10.4 Å². The molecule has 0 fully saturated rings. The number of amides is 1. The minimum atomic E-state index is -0.250. The zero-order valence-corrected chi connectivity index (χ0v) is 5.55. The predicted molar refractivity (Wildman–Crippen MR) is 33.1 cm³/mol. The van der Waals surface area contributed by atoms with E-state index in [9.17, 15) is 4.79 Å². The molecule has 0 spiro atoms. The van der Waals surface area contributed by atoms with E-state index in [1.54, 1.807) is 7.05 Å². The van der Waals surface area contributed by atoms with Crippen molar-refractivity contribution in [1.29, 1.82) is 0 Å². The van der Waals surface area contributed by atoms with Gasteiger partial charge >= 0.3 is 0 Å². The lowest BCUT2D eigenvalue weighted by molar-refractivity contribution is -0.123. The van der Waals surface area contributed by atoms with Crippen LogP contribution < -0.4 is 5.32 Å². The molecule has 0 bridgehead atoms. The Kier molecular flexibility index (Phi) is 12.1. The van der Waals surface area contributed by atoms with E-state index in [-0.39, 0.29) is 12.4 Å². The van der Waals surface area contributed by atoms with E-state index in [0.29, 0.717) is 6.42 Å². The Morgan fingerprint density at radius 2 is 2.11 bits per heavy atom. The lowest BCUT2D eigenvalue weighted by atomic mass is 10.5. The molecule has 0 saturated carbocycles. The molecule has 4 heteroatoms. The molecule has 0 saturated heterocycles. The summed E-state index contributed by atoms with van der Waals surface area (Å²) in [5, 5.41) is 9.36. The lowest BCUT2D eigenvalue weighted by Gasteiger charge is -1.87.